The molecule has 4 nitrogen and oxygen atoms in total. The van der Waals surface area contributed by atoms with Gasteiger partial charge in [0, 0.05) is 13.3 Å². The Bertz CT molecular complexity index is 789. The smallest absolute Gasteiger partial charge is 0.300 e. The van der Waals surface area contributed by atoms with Crippen molar-refractivity contribution in [2.75, 3.05) is 13.7 Å². The molecule has 0 saturated heterocycles. The van der Waals surface area contributed by atoms with Gasteiger partial charge in [-0.1, -0.05) is 79.2 Å². The molecule has 3 rings (SSSR count). The number of carboxylic acid groups (broad SMARTS) is 1. The quantitative estimate of drug-likeness (QED) is 0.458. The highest BCUT2D eigenvalue weighted by Gasteiger charge is 2.19. The van der Waals surface area contributed by atoms with Crippen LogP contribution in [0.3, 0.4) is 0 Å². The topological polar surface area (TPSA) is 55.8 Å². The van der Waals surface area contributed by atoms with Gasteiger partial charge in [-0.15, -0.1) is 0 Å². The van der Waals surface area contributed by atoms with Crippen molar-refractivity contribution in [3.63, 3.8) is 0 Å². The molecule has 0 saturated carbocycles. The number of carboxylic acids is 1. The van der Waals surface area contributed by atoms with Crippen LogP contribution in [0.1, 0.15) is 103 Å². The number of hydrogen-bond donors (Lipinski definition) is 1. The number of fused-ring (bicyclic) bond motifs is 1. The average molecular weight is 473 g/mol. The Balaban J connectivity index is 0.000000837. The third-order valence-electron chi connectivity index (χ3n) is 5.01. The molecule has 0 fully saturated rings. The van der Waals surface area contributed by atoms with E-state index in [1.807, 2.05) is 0 Å². The summed E-state index contributed by atoms with van der Waals surface area (Å²) in [5, 5.41) is 7.42. The van der Waals surface area contributed by atoms with Gasteiger partial charge in [-0.05, 0) is 65.5 Å². The molecular weight excluding hydrogens is 424 g/mol. The second kappa shape index (κ2) is 17.9. The maximum atomic E-state index is 9.00. The first-order valence-corrected chi connectivity index (χ1v) is 12.7. The molecule has 34 heavy (non-hydrogen) atoms. The van der Waals surface area contributed by atoms with E-state index in [-0.39, 0.29) is 0 Å². The standard InChI is InChI=1S/C21H26O2.C4H10.C3H8.C2H4O2/c1-4-16(19-6-5-18-11-12-23-21(18)14-19)13-15(2)17-7-9-20(22-3)10-8-17;1-4(2)3;1-3-2;1-2(3)4/h5-10,14-16H,4,11-13H2,1-3H3;4H,1-3H3;3H2,1-2H3;1H3,(H,3,4). The maximum absolute atomic E-state index is 9.00. The molecule has 1 N–H and O–H groups in total. The SMILES string of the molecule is CC(=O)O.CC(C)C.CCC.CCC(CC(C)c1ccc(OC)cc1)c1ccc2c(c1)OCC2. The molecule has 0 bridgehead atoms. The largest absolute Gasteiger partial charge is 0.497 e. The van der Waals surface area contributed by atoms with Crippen LogP contribution in [-0.2, 0) is 11.2 Å². The van der Waals surface area contributed by atoms with Gasteiger partial charge >= 0.3 is 0 Å². The predicted molar refractivity (Wildman–Crippen MR) is 144 cm³/mol. The van der Waals surface area contributed by atoms with Crippen LogP contribution >= 0.6 is 0 Å². The van der Waals surface area contributed by atoms with Gasteiger partial charge in [-0.25, -0.2) is 0 Å². The second-order valence-corrected chi connectivity index (χ2v) is 9.44. The van der Waals surface area contributed by atoms with E-state index in [9.17, 15) is 0 Å². The number of carbonyl (C=O) groups is 1. The summed E-state index contributed by atoms with van der Waals surface area (Å²) in [6.45, 7) is 17.3. The lowest BCUT2D eigenvalue weighted by molar-refractivity contribution is -0.134. The van der Waals surface area contributed by atoms with E-state index in [0.29, 0.717) is 11.8 Å². The molecule has 1 aliphatic heterocycles. The minimum Gasteiger partial charge on any atom is -0.497 e. The predicted octanol–water partition coefficient (Wildman–Crippen LogP) is 8.49. The summed E-state index contributed by atoms with van der Waals surface area (Å²) in [5.74, 6) is 3.11. The average Bonchev–Trinajstić information content (AvgIpc) is 3.25. The number of hydrogen-bond acceptors (Lipinski definition) is 3. The van der Waals surface area contributed by atoms with Gasteiger partial charge in [0.2, 0.25) is 0 Å². The summed E-state index contributed by atoms with van der Waals surface area (Å²) < 4.78 is 11.0. The first kappa shape index (κ1) is 31.5. The first-order chi connectivity index (χ1) is 16.1. The molecule has 0 amide bonds. The highest BCUT2D eigenvalue weighted by atomic mass is 16.5. The third-order valence-corrected chi connectivity index (χ3v) is 5.01. The Hall–Kier alpha value is -2.49. The van der Waals surface area contributed by atoms with Gasteiger partial charge in [0.25, 0.3) is 5.97 Å². The van der Waals surface area contributed by atoms with E-state index in [1.165, 1.54) is 23.1 Å². The Kier molecular flexibility index (Phi) is 16.6. The van der Waals surface area contributed by atoms with Gasteiger partial charge in [0.05, 0.1) is 13.7 Å². The molecule has 0 spiro atoms. The normalized spacial score (nSPS) is 12.9. The summed E-state index contributed by atoms with van der Waals surface area (Å²) in [6, 6.07) is 15.3. The fraction of sp³-hybridized carbons (Fsp3) is 0.567. The van der Waals surface area contributed by atoms with Crippen LogP contribution in [-0.4, -0.2) is 24.8 Å². The van der Waals surface area contributed by atoms with E-state index in [2.05, 4.69) is 90.9 Å². The molecule has 1 aliphatic rings. The summed E-state index contributed by atoms with van der Waals surface area (Å²) in [5.41, 5.74) is 4.14. The third kappa shape index (κ3) is 13.3. The van der Waals surface area contributed by atoms with Crippen LogP contribution in [0.25, 0.3) is 0 Å². The summed E-state index contributed by atoms with van der Waals surface area (Å²) in [7, 11) is 1.71. The van der Waals surface area contributed by atoms with Crippen LogP contribution in [0.5, 0.6) is 11.5 Å². The van der Waals surface area contributed by atoms with Gasteiger partial charge in [0.1, 0.15) is 11.5 Å². The number of ether oxygens (including phenoxy) is 2. The minimum absolute atomic E-state index is 0.528. The van der Waals surface area contributed by atoms with Crippen molar-refractivity contribution in [2.45, 2.75) is 92.9 Å². The lowest BCUT2D eigenvalue weighted by Crippen LogP contribution is -2.04. The van der Waals surface area contributed by atoms with Crippen LogP contribution < -0.4 is 9.47 Å². The summed E-state index contributed by atoms with van der Waals surface area (Å²) in [4.78, 5) is 9.00. The molecule has 0 aromatic heterocycles. The fourth-order valence-corrected chi connectivity index (χ4v) is 3.47. The Morgan fingerprint density at radius 1 is 1.00 bits per heavy atom. The maximum Gasteiger partial charge on any atom is 0.300 e. The summed E-state index contributed by atoms with van der Waals surface area (Å²) in [6.07, 6.45) is 4.61. The number of methoxy groups -OCH3 is 1. The molecule has 2 unspecified atom stereocenters. The van der Waals surface area contributed by atoms with E-state index in [1.54, 1.807) is 7.11 Å². The highest BCUT2D eigenvalue weighted by Crippen LogP contribution is 2.36. The Labute approximate surface area is 208 Å². The Morgan fingerprint density at radius 3 is 1.97 bits per heavy atom. The number of aliphatic carboxylic acids is 1. The molecule has 192 valence electrons. The molecule has 1 heterocycles. The minimum atomic E-state index is -0.833. The monoisotopic (exact) mass is 472 g/mol. The van der Waals surface area contributed by atoms with Crippen molar-refractivity contribution in [1.29, 1.82) is 0 Å². The van der Waals surface area contributed by atoms with E-state index in [0.717, 1.165) is 50.2 Å². The van der Waals surface area contributed by atoms with Gasteiger partial charge in [-0.3, -0.25) is 4.79 Å². The van der Waals surface area contributed by atoms with Crippen LogP contribution in [0.2, 0.25) is 0 Å². The zero-order valence-corrected chi connectivity index (χ0v) is 23.0. The van der Waals surface area contributed by atoms with Crippen molar-refractivity contribution in [3.8, 4) is 11.5 Å². The molecular formula is C30H48O4. The lowest BCUT2D eigenvalue weighted by atomic mass is 9.84. The number of benzene rings is 2. The fourth-order valence-electron chi connectivity index (χ4n) is 3.47. The van der Waals surface area contributed by atoms with E-state index >= 15 is 0 Å². The van der Waals surface area contributed by atoms with E-state index < -0.39 is 5.97 Å². The molecule has 2 aromatic carbocycles. The second-order valence-electron chi connectivity index (χ2n) is 9.44. The van der Waals surface area contributed by atoms with Gasteiger partial charge in [-0.2, -0.15) is 0 Å². The van der Waals surface area contributed by atoms with Crippen molar-refractivity contribution in [1.82, 2.24) is 0 Å². The molecule has 4 heteroatoms. The lowest BCUT2D eigenvalue weighted by Gasteiger charge is -2.21. The Morgan fingerprint density at radius 2 is 1.50 bits per heavy atom. The van der Waals surface area contributed by atoms with Crippen molar-refractivity contribution >= 4 is 5.97 Å². The van der Waals surface area contributed by atoms with Crippen LogP contribution in [0.15, 0.2) is 42.5 Å². The zero-order valence-electron chi connectivity index (χ0n) is 23.0. The van der Waals surface area contributed by atoms with Gasteiger partial charge in [0.15, 0.2) is 0 Å². The molecule has 2 aromatic rings. The number of rotatable bonds is 6. The summed E-state index contributed by atoms with van der Waals surface area (Å²) >= 11 is 0. The molecule has 2 atom stereocenters. The highest BCUT2D eigenvalue weighted by molar-refractivity contribution is 5.62. The van der Waals surface area contributed by atoms with Crippen molar-refractivity contribution in [3.05, 3.63) is 59.2 Å². The van der Waals surface area contributed by atoms with E-state index in [4.69, 9.17) is 19.4 Å². The molecule has 0 radical (unpaired) electrons. The van der Waals surface area contributed by atoms with Crippen molar-refractivity contribution < 1.29 is 19.4 Å². The van der Waals surface area contributed by atoms with Gasteiger partial charge < -0.3 is 14.6 Å². The van der Waals surface area contributed by atoms with Crippen LogP contribution in [0.4, 0.5) is 0 Å². The molecule has 0 aliphatic carbocycles. The van der Waals surface area contributed by atoms with Crippen LogP contribution in [0, 0.1) is 5.92 Å². The zero-order chi connectivity index (χ0) is 26.1. The van der Waals surface area contributed by atoms with Crippen molar-refractivity contribution in [2.24, 2.45) is 5.92 Å². The first-order valence-electron chi connectivity index (χ1n) is 12.7.